The largest absolute Gasteiger partial charge is 0.189 e. The standard InChI is InChI=1S/C21H15S/c1-22-19-9-5-4-8-17(19)18-13-12-15-11-10-14-6-2-3-7-16(14)20(15)21(18)22/h2-13H,1H3/q+1. The summed E-state index contributed by atoms with van der Waals surface area (Å²) < 4.78 is 3.01. The molecule has 0 aliphatic heterocycles. The Hall–Kier alpha value is -2.38. The average Bonchev–Trinajstić information content (AvgIpc) is 2.88. The van der Waals surface area contributed by atoms with Gasteiger partial charge < -0.3 is 0 Å². The van der Waals surface area contributed by atoms with Gasteiger partial charge >= 0.3 is 0 Å². The van der Waals surface area contributed by atoms with Gasteiger partial charge in [-0.2, -0.15) is 0 Å². The van der Waals surface area contributed by atoms with E-state index in [4.69, 9.17) is 0 Å². The van der Waals surface area contributed by atoms with Crippen LogP contribution < -0.4 is 0 Å². The SMILES string of the molecule is C[s+]1c2ccccc2c2ccc3ccc4ccccc4c3c21. The molecule has 22 heavy (non-hydrogen) atoms. The van der Waals surface area contributed by atoms with Crippen LogP contribution in [0.4, 0.5) is 0 Å². The molecule has 1 heteroatoms. The fraction of sp³-hybridized carbons (Fsp3) is 0.0476. The third-order valence-electron chi connectivity index (χ3n) is 4.68. The summed E-state index contributed by atoms with van der Waals surface area (Å²) in [5, 5.41) is 8.34. The lowest BCUT2D eigenvalue weighted by Gasteiger charge is -2.03. The molecule has 0 saturated heterocycles. The Morgan fingerprint density at radius 3 is 2.18 bits per heavy atom. The maximum absolute atomic E-state index is 2.37. The second-order valence-electron chi connectivity index (χ2n) is 5.83. The average molecular weight is 299 g/mol. The van der Waals surface area contributed by atoms with E-state index in [-0.39, 0.29) is 10.5 Å². The topological polar surface area (TPSA) is 0 Å². The first-order valence-corrected chi connectivity index (χ1v) is 9.18. The van der Waals surface area contributed by atoms with E-state index >= 15 is 0 Å². The molecule has 0 amide bonds. The van der Waals surface area contributed by atoms with Gasteiger partial charge in [0.2, 0.25) is 0 Å². The van der Waals surface area contributed by atoms with Crippen LogP contribution in [-0.2, 0) is 6.26 Å². The zero-order valence-corrected chi connectivity index (χ0v) is 13.2. The quantitative estimate of drug-likeness (QED) is 0.223. The van der Waals surface area contributed by atoms with Gasteiger partial charge in [0.1, 0.15) is 6.26 Å². The number of benzene rings is 4. The summed E-state index contributed by atoms with van der Waals surface area (Å²) in [4.78, 5) is 0. The normalized spacial score (nSPS) is 12.7. The van der Waals surface area contributed by atoms with Crippen LogP contribution in [0.5, 0.6) is 0 Å². The molecule has 0 aliphatic rings. The molecule has 104 valence electrons. The lowest BCUT2D eigenvalue weighted by molar-refractivity contribution is 1.80. The van der Waals surface area contributed by atoms with Crippen LogP contribution >= 0.6 is 10.5 Å². The minimum Gasteiger partial charge on any atom is -0.0616 e. The highest BCUT2D eigenvalue weighted by Crippen LogP contribution is 2.45. The molecular formula is C21H15S+. The molecule has 0 radical (unpaired) electrons. The van der Waals surface area contributed by atoms with Crippen molar-refractivity contribution in [2.75, 3.05) is 0 Å². The summed E-state index contributed by atoms with van der Waals surface area (Å²) in [6.07, 6.45) is 2.37. The number of hydrogen-bond donors (Lipinski definition) is 0. The van der Waals surface area contributed by atoms with E-state index in [1.54, 1.807) is 0 Å². The lowest BCUT2D eigenvalue weighted by Crippen LogP contribution is -1.78. The smallest absolute Gasteiger partial charge is 0.0616 e. The van der Waals surface area contributed by atoms with Crippen LogP contribution in [0.15, 0.2) is 72.8 Å². The van der Waals surface area contributed by atoms with Crippen molar-refractivity contribution in [2.45, 2.75) is 0 Å². The van der Waals surface area contributed by atoms with Crippen molar-refractivity contribution in [3.8, 4) is 0 Å². The molecule has 1 aromatic heterocycles. The van der Waals surface area contributed by atoms with Gasteiger partial charge in [-0.1, -0.05) is 54.6 Å². The van der Waals surface area contributed by atoms with Crippen molar-refractivity contribution < 1.29 is 0 Å². The highest BCUT2D eigenvalue weighted by atomic mass is 32.2. The molecule has 5 rings (SSSR count). The Labute approximate surface area is 131 Å². The van der Waals surface area contributed by atoms with E-state index < -0.39 is 0 Å². The summed E-state index contributed by atoms with van der Waals surface area (Å²) >= 11 is 0. The molecule has 4 aromatic carbocycles. The Morgan fingerprint density at radius 2 is 1.27 bits per heavy atom. The van der Waals surface area contributed by atoms with E-state index in [1.165, 1.54) is 41.7 Å². The van der Waals surface area contributed by atoms with Crippen molar-refractivity contribution in [3.05, 3.63) is 72.8 Å². The van der Waals surface area contributed by atoms with Crippen molar-refractivity contribution in [1.82, 2.24) is 0 Å². The van der Waals surface area contributed by atoms with E-state index in [0.717, 1.165) is 0 Å². The van der Waals surface area contributed by atoms with Crippen LogP contribution in [-0.4, -0.2) is 0 Å². The predicted molar refractivity (Wildman–Crippen MR) is 99.9 cm³/mol. The number of fused-ring (bicyclic) bond motifs is 7. The Bertz CT molecular complexity index is 1180. The van der Waals surface area contributed by atoms with E-state index in [0.29, 0.717) is 0 Å². The molecule has 0 spiro atoms. The zero-order chi connectivity index (χ0) is 14.7. The van der Waals surface area contributed by atoms with Crippen molar-refractivity contribution in [2.24, 2.45) is 6.26 Å². The Kier molecular flexibility index (Phi) is 2.39. The van der Waals surface area contributed by atoms with Gasteiger partial charge in [0.15, 0.2) is 9.40 Å². The van der Waals surface area contributed by atoms with Crippen LogP contribution in [0.25, 0.3) is 41.7 Å². The van der Waals surface area contributed by atoms with Gasteiger partial charge in [0.05, 0.1) is 0 Å². The first kappa shape index (κ1) is 12.2. The van der Waals surface area contributed by atoms with Gasteiger partial charge in [-0.25, -0.2) is 0 Å². The molecule has 5 aromatic rings. The van der Waals surface area contributed by atoms with Crippen LogP contribution in [0.3, 0.4) is 0 Å². The minimum atomic E-state index is 0.147. The summed E-state index contributed by atoms with van der Waals surface area (Å²) in [6, 6.07) is 26.7. The third kappa shape index (κ3) is 1.47. The number of aryl methyl sites for hydroxylation is 1. The van der Waals surface area contributed by atoms with Crippen molar-refractivity contribution in [3.63, 3.8) is 0 Å². The second kappa shape index (κ2) is 4.31. The predicted octanol–water partition coefficient (Wildman–Crippen LogP) is 6.59. The zero-order valence-electron chi connectivity index (χ0n) is 12.3. The molecule has 0 saturated carbocycles. The molecule has 1 heterocycles. The van der Waals surface area contributed by atoms with E-state index in [9.17, 15) is 0 Å². The molecule has 0 N–H and O–H groups in total. The molecule has 0 aliphatic carbocycles. The van der Waals surface area contributed by atoms with Crippen LogP contribution in [0.2, 0.25) is 0 Å². The van der Waals surface area contributed by atoms with Gasteiger partial charge in [-0.3, -0.25) is 0 Å². The number of hydrogen-bond acceptors (Lipinski definition) is 0. The molecule has 0 bridgehead atoms. The van der Waals surface area contributed by atoms with E-state index in [1.807, 2.05) is 0 Å². The van der Waals surface area contributed by atoms with Crippen LogP contribution in [0, 0.1) is 0 Å². The summed E-state index contributed by atoms with van der Waals surface area (Å²) in [5.41, 5.74) is 0. The summed E-state index contributed by atoms with van der Waals surface area (Å²) in [6.45, 7) is 0. The summed E-state index contributed by atoms with van der Waals surface area (Å²) in [5.74, 6) is 0. The number of rotatable bonds is 0. The molecular weight excluding hydrogens is 284 g/mol. The molecule has 1 unspecified atom stereocenters. The Balaban J connectivity index is 2.18. The van der Waals surface area contributed by atoms with Gasteiger partial charge in [-0.05, 0) is 44.8 Å². The highest BCUT2D eigenvalue weighted by molar-refractivity contribution is 7.42. The van der Waals surface area contributed by atoms with E-state index in [2.05, 4.69) is 79.1 Å². The lowest BCUT2D eigenvalue weighted by atomic mass is 10.00. The summed E-state index contributed by atoms with van der Waals surface area (Å²) in [7, 11) is 0.147. The minimum absolute atomic E-state index is 0.147. The Morgan fingerprint density at radius 1 is 0.591 bits per heavy atom. The first-order valence-electron chi connectivity index (χ1n) is 7.54. The molecule has 0 fully saturated rings. The monoisotopic (exact) mass is 299 g/mol. The first-order chi connectivity index (χ1) is 10.8. The molecule has 1 atom stereocenters. The van der Waals surface area contributed by atoms with Gasteiger partial charge in [0, 0.05) is 16.2 Å². The van der Waals surface area contributed by atoms with Gasteiger partial charge in [-0.15, -0.1) is 0 Å². The van der Waals surface area contributed by atoms with Gasteiger partial charge in [0.25, 0.3) is 0 Å². The highest BCUT2D eigenvalue weighted by Gasteiger charge is 2.20. The fourth-order valence-corrected chi connectivity index (χ4v) is 5.71. The van der Waals surface area contributed by atoms with Crippen LogP contribution in [0.1, 0.15) is 0 Å². The van der Waals surface area contributed by atoms with Crippen molar-refractivity contribution in [1.29, 1.82) is 0 Å². The van der Waals surface area contributed by atoms with Crippen molar-refractivity contribution >= 4 is 52.2 Å². The maximum atomic E-state index is 2.37. The maximum Gasteiger partial charge on any atom is 0.189 e. The number of thiophene rings is 1. The second-order valence-corrected chi connectivity index (χ2v) is 7.70. The third-order valence-corrected chi connectivity index (χ3v) is 6.73. The fourth-order valence-electron chi connectivity index (χ4n) is 3.66. The molecule has 0 nitrogen and oxygen atoms in total.